The summed E-state index contributed by atoms with van der Waals surface area (Å²) in [6.45, 7) is 0. The average Bonchev–Trinajstić information content (AvgIpc) is 3.17. The summed E-state index contributed by atoms with van der Waals surface area (Å²) in [6, 6.07) is 30.4. The van der Waals surface area contributed by atoms with Crippen molar-refractivity contribution in [2.45, 2.75) is 5.41 Å². The summed E-state index contributed by atoms with van der Waals surface area (Å²) in [5, 5.41) is 0. The Balaban J connectivity index is 1.90. The number of benzene rings is 4. The number of hydrogen-bond donors (Lipinski definition) is 0. The third kappa shape index (κ3) is 1.70. The van der Waals surface area contributed by atoms with Gasteiger partial charge in [0.25, 0.3) is 0 Å². The fourth-order valence-corrected chi connectivity index (χ4v) is 5.80. The number of rotatable bonds is 0. The molecule has 0 fully saturated rings. The summed E-state index contributed by atoms with van der Waals surface area (Å²) in [5.74, 6) is 0. The van der Waals surface area contributed by atoms with Crippen molar-refractivity contribution in [1.82, 2.24) is 0 Å². The minimum absolute atomic E-state index is 0.309. The van der Waals surface area contributed by atoms with Gasteiger partial charge in [-0.25, -0.2) is 0 Å². The van der Waals surface area contributed by atoms with Crippen LogP contribution in [0.5, 0.6) is 0 Å². The van der Waals surface area contributed by atoms with Gasteiger partial charge in [0.15, 0.2) is 0 Å². The van der Waals surface area contributed by atoms with E-state index in [9.17, 15) is 0 Å². The smallest absolute Gasteiger partial charge is 0.0886 e. The lowest BCUT2D eigenvalue weighted by atomic mass is 9.70. The Bertz CT molecular complexity index is 1160. The first-order valence-corrected chi connectivity index (χ1v) is 9.91. The van der Waals surface area contributed by atoms with Gasteiger partial charge in [-0.1, -0.05) is 100 Å². The first-order valence-electron chi connectivity index (χ1n) is 9.12. The van der Waals surface area contributed by atoms with Crippen LogP contribution in [0.3, 0.4) is 0 Å². The average molecular weight is 405 g/mol. The molecule has 4 aromatic carbocycles. The number of hydrogen-bond acceptors (Lipinski definition) is 0. The summed E-state index contributed by atoms with van der Waals surface area (Å²) in [5.41, 5.74) is 10.8. The Kier molecular flexibility index (Phi) is 3.00. The lowest BCUT2D eigenvalue weighted by Crippen LogP contribution is -2.26. The van der Waals surface area contributed by atoms with E-state index in [4.69, 9.17) is 7.85 Å². The molecule has 0 aromatic heterocycles. The van der Waals surface area contributed by atoms with Crippen molar-refractivity contribution in [3.8, 4) is 22.3 Å². The summed E-state index contributed by atoms with van der Waals surface area (Å²) in [4.78, 5) is 0. The van der Waals surface area contributed by atoms with Gasteiger partial charge in [0.05, 0.1) is 5.41 Å². The van der Waals surface area contributed by atoms with E-state index < -0.39 is 0 Å². The zero-order valence-electron chi connectivity index (χ0n) is 14.5. The van der Waals surface area contributed by atoms with E-state index in [-0.39, 0.29) is 5.41 Å². The van der Waals surface area contributed by atoms with Crippen LogP contribution >= 0.6 is 15.9 Å². The van der Waals surface area contributed by atoms with Gasteiger partial charge in [-0.05, 0) is 45.0 Å². The van der Waals surface area contributed by atoms with Crippen LogP contribution in [0, 0.1) is 0 Å². The molecular weight excluding hydrogens is 391 g/mol. The third-order valence-electron chi connectivity index (χ3n) is 6.12. The van der Waals surface area contributed by atoms with Gasteiger partial charge in [0, 0.05) is 10.0 Å². The zero-order valence-corrected chi connectivity index (χ0v) is 16.1. The van der Waals surface area contributed by atoms with Gasteiger partial charge >= 0.3 is 0 Å². The second kappa shape index (κ2) is 5.24. The Morgan fingerprint density at radius 2 is 1.07 bits per heavy atom. The topological polar surface area (TPSA) is 0 Å². The van der Waals surface area contributed by atoms with Crippen LogP contribution in [0.4, 0.5) is 0 Å². The molecule has 0 aliphatic heterocycles. The van der Waals surface area contributed by atoms with Gasteiger partial charge in [-0.15, -0.1) is 0 Å². The van der Waals surface area contributed by atoms with Crippen LogP contribution in [0.1, 0.15) is 22.3 Å². The highest BCUT2D eigenvalue weighted by Gasteiger charge is 2.51. The summed E-state index contributed by atoms with van der Waals surface area (Å²) < 4.78 is 1.14. The highest BCUT2D eigenvalue weighted by Crippen LogP contribution is 2.63. The Morgan fingerprint density at radius 3 is 1.78 bits per heavy atom. The minimum atomic E-state index is -0.309. The molecule has 27 heavy (non-hydrogen) atoms. The standard InChI is InChI=1S/C25H14BBr/c26-21-13-5-11-19-23(21)15-7-1-3-9-17(15)25(19)18-10-4-2-8-16(18)24-20(25)12-6-14-22(24)27/h1-14H. The molecule has 0 bridgehead atoms. The van der Waals surface area contributed by atoms with Crippen LogP contribution in [0.15, 0.2) is 89.4 Å². The zero-order chi connectivity index (χ0) is 18.2. The van der Waals surface area contributed by atoms with Crippen molar-refractivity contribution in [1.29, 1.82) is 0 Å². The van der Waals surface area contributed by atoms with E-state index in [1.165, 1.54) is 44.5 Å². The van der Waals surface area contributed by atoms with E-state index in [2.05, 4.69) is 94.8 Å². The largest absolute Gasteiger partial charge is 0.114 e. The predicted octanol–water partition coefficient (Wildman–Crippen LogP) is 5.59. The monoisotopic (exact) mass is 404 g/mol. The summed E-state index contributed by atoms with van der Waals surface area (Å²) in [7, 11) is 6.50. The molecule has 2 aliphatic rings. The molecule has 0 nitrogen and oxygen atoms in total. The van der Waals surface area contributed by atoms with Crippen LogP contribution < -0.4 is 5.46 Å². The van der Waals surface area contributed by atoms with Crippen LogP contribution in [-0.4, -0.2) is 7.85 Å². The second-order valence-electron chi connectivity index (χ2n) is 7.27. The summed E-state index contributed by atoms with van der Waals surface area (Å²) >= 11 is 3.82. The number of halogens is 1. The fraction of sp³-hybridized carbons (Fsp3) is 0.0400. The SMILES string of the molecule is [B]c1cccc2c1-c1ccccc1C21c2ccccc2-c2c(Br)cccc21. The molecule has 4 aromatic rings. The normalized spacial score (nSPS) is 18.1. The van der Waals surface area contributed by atoms with Gasteiger partial charge in [-0.3, -0.25) is 0 Å². The highest BCUT2D eigenvalue weighted by molar-refractivity contribution is 9.10. The first kappa shape index (κ1) is 15.5. The van der Waals surface area contributed by atoms with Crippen molar-refractivity contribution in [2.24, 2.45) is 0 Å². The van der Waals surface area contributed by atoms with Crippen LogP contribution in [0.2, 0.25) is 0 Å². The minimum Gasteiger partial charge on any atom is -0.0886 e. The van der Waals surface area contributed by atoms with E-state index in [1.807, 2.05) is 6.07 Å². The van der Waals surface area contributed by atoms with E-state index in [1.54, 1.807) is 0 Å². The molecule has 0 heterocycles. The lowest BCUT2D eigenvalue weighted by Gasteiger charge is -2.30. The van der Waals surface area contributed by atoms with Gasteiger partial charge in [0.1, 0.15) is 7.85 Å². The quantitative estimate of drug-likeness (QED) is 0.289. The number of fused-ring (bicyclic) bond motifs is 10. The van der Waals surface area contributed by atoms with Crippen molar-refractivity contribution in [3.63, 3.8) is 0 Å². The molecule has 2 heteroatoms. The molecule has 0 N–H and O–H groups in total. The molecule has 6 rings (SSSR count). The molecule has 0 saturated heterocycles. The molecule has 1 spiro atoms. The third-order valence-corrected chi connectivity index (χ3v) is 6.78. The molecule has 2 aliphatic carbocycles. The fourth-order valence-electron chi connectivity index (χ4n) is 5.22. The maximum atomic E-state index is 6.50. The molecule has 124 valence electrons. The predicted molar refractivity (Wildman–Crippen MR) is 116 cm³/mol. The van der Waals surface area contributed by atoms with Crippen LogP contribution in [0.25, 0.3) is 22.3 Å². The van der Waals surface area contributed by atoms with E-state index in [0.717, 1.165) is 9.94 Å². The van der Waals surface area contributed by atoms with Crippen molar-refractivity contribution in [3.05, 3.63) is 112 Å². The maximum absolute atomic E-state index is 6.50. The van der Waals surface area contributed by atoms with Crippen molar-refractivity contribution < 1.29 is 0 Å². The van der Waals surface area contributed by atoms with Gasteiger partial charge in [0.2, 0.25) is 0 Å². The first-order chi connectivity index (χ1) is 13.2. The second-order valence-corrected chi connectivity index (χ2v) is 8.13. The highest BCUT2D eigenvalue weighted by atomic mass is 79.9. The molecule has 2 radical (unpaired) electrons. The van der Waals surface area contributed by atoms with E-state index >= 15 is 0 Å². The molecule has 1 unspecified atom stereocenters. The lowest BCUT2D eigenvalue weighted by molar-refractivity contribution is 0.794. The van der Waals surface area contributed by atoms with Crippen LogP contribution in [-0.2, 0) is 5.41 Å². The maximum Gasteiger partial charge on any atom is 0.114 e. The Morgan fingerprint density at radius 1 is 0.556 bits per heavy atom. The van der Waals surface area contributed by atoms with Crippen molar-refractivity contribution in [2.75, 3.05) is 0 Å². The molecule has 0 saturated carbocycles. The summed E-state index contributed by atoms with van der Waals surface area (Å²) in [6.07, 6.45) is 0. The van der Waals surface area contributed by atoms with Gasteiger partial charge in [-0.2, -0.15) is 0 Å². The molecule has 0 amide bonds. The van der Waals surface area contributed by atoms with Gasteiger partial charge < -0.3 is 0 Å². The molecular formula is C25H14BBr. The Labute approximate surface area is 168 Å². The Hall–Kier alpha value is -2.58. The van der Waals surface area contributed by atoms with Crippen molar-refractivity contribution >= 4 is 29.2 Å². The molecule has 1 atom stereocenters. The van der Waals surface area contributed by atoms with E-state index in [0.29, 0.717) is 0 Å².